The molecule has 0 spiro atoms. The SMILES string of the molecule is Cc1ccc(NC(=O)C2(c3ccc4c(c3)OC(F)(F)O4)CC2)nc1-c1cccc(C(=O)NCCCCn2ccc3cc(C(=O)NCCc4ccc(N5C[C@H]6CC[C@@H](C5)N6)cc4)cnc32)c1. The Hall–Kier alpha value is -6.87. The molecular weight excluding hydrogens is 831 g/mol. The summed E-state index contributed by atoms with van der Waals surface area (Å²) in [6.07, 6.45) is 5.76. The number of hydrogen-bond acceptors (Lipinski definition) is 9. The van der Waals surface area contributed by atoms with Gasteiger partial charge in [0.15, 0.2) is 11.5 Å². The van der Waals surface area contributed by atoms with Gasteiger partial charge in [0.2, 0.25) is 5.91 Å². The number of amides is 3. The average Bonchev–Trinajstić information content (AvgIpc) is 3.79. The molecule has 3 aliphatic heterocycles. The Kier molecular flexibility index (Phi) is 11.2. The molecule has 4 N–H and O–H groups in total. The van der Waals surface area contributed by atoms with Gasteiger partial charge in [0.05, 0.1) is 16.7 Å². The van der Waals surface area contributed by atoms with E-state index in [9.17, 15) is 23.2 Å². The van der Waals surface area contributed by atoms with Crippen molar-refractivity contribution in [1.82, 2.24) is 30.5 Å². The van der Waals surface area contributed by atoms with Crippen molar-refractivity contribution < 1.29 is 32.6 Å². The van der Waals surface area contributed by atoms with E-state index in [2.05, 4.69) is 69.5 Å². The molecule has 65 heavy (non-hydrogen) atoms. The van der Waals surface area contributed by atoms with Gasteiger partial charge in [-0.3, -0.25) is 14.4 Å². The molecule has 1 aliphatic carbocycles. The predicted molar refractivity (Wildman–Crippen MR) is 243 cm³/mol. The lowest BCUT2D eigenvalue weighted by atomic mass is 9.94. The lowest BCUT2D eigenvalue weighted by molar-refractivity contribution is -0.286. The smallest absolute Gasteiger partial charge is 0.395 e. The summed E-state index contributed by atoms with van der Waals surface area (Å²) < 4.78 is 38.4. The van der Waals surface area contributed by atoms with E-state index >= 15 is 0 Å². The van der Waals surface area contributed by atoms with Crippen molar-refractivity contribution in [1.29, 1.82) is 0 Å². The molecule has 3 aromatic heterocycles. The first kappa shape index (κ1) is 42.1. The highest BCUT2D eigenvalue weighted by atomic mass is 19.3. The number of aromatic nitrogens is 3. The Labute approximate surface area is 374 Å². The van der Waals surface area contributed by atoms with Crippen LogP contribution in [0.25, 0.3) is 22.3 Å². The Balaban J connectivity index is 0.679. The van der Waals surface area contributed by atoms with Crippen LogP contribution in [0.15, 0.2) is 103 Å². The van der Waals surface area contributed by atoms with E-state index in [1.807, 2.05) is 37.4 Å². The van der Waals surface area contributed by atoms with Gasteiger partial charge in [-0.2, -0.15) is 0 Å². The minimum Gasteiger partial charge on any atom is -0.395 e. The van der Waals surface area contributed by atoms with Crippen LogP contribution in [0.3, 0.4) is 0 Å². The molecule has 6 heterocycles. The number of benzene rings is 3. The number of alkyl halides is 2. The molecule has 3 fully saturated rings. The number of unbranched alkanes of at least 4 members (excludes halogenated alkanes) is 1. The second-order valence-electron chi connectivity index (χ2n) is 17.6. The summed E-state index contributed by atoms with van der Waals surface area (Å²) in [6.45, 7) is 5.74. The number of carbonyl (C=O) groups excluding carboxylic acids is 3. The summed E-state index contributed by atoms with van der Waals surface area (Å²) in [5, 5.41) is 13.6. The summed E-state index contributed by atoms with van der Waals surface area (Å²) in [6, 6.07) is 29.0. The van der Waals surface area contributed by atoms with Crippen LogP contribution in [0.5, 0.6) is 11.5 Å². The molecule has 334 valence electrons. The standard InChI is InChI=1S/C50H50F2N8O5/c1-31-7-16-43(58-48(63)49(19-20-49)37-10-15-41-42(27-37)65-50(51,52)64-41)57-44(31)33-5-4-6-35(25-33)46(61)53-21-2-3-23-59-24-18-34-26-36(28-55-45(34)59)47(62)54-22-17-32-8-13-40(14-9-32)60-29-38-11-12-39(30-60)56-38/h4-10,13-16,18,24-28,38-39,56H,2-3,11-12,17,19-23,29-30H2,1H3,(H,53,61)(H,54,62)(H,57,58,63)/t38-,39+. The minimum atomic E-state index is -3.74. The zero-order chi connectivity index (χ0) is 44.7. The van der Waals surface area contributed by atoms with Crippen molar-refractivity contribution in [3.05, 3.63) is 131 Å². The van der Waals surface area contributed by atoms with Gasteiger partial charge in [-0.15, -0.1) is 8.78 Å². The van der Waals surface area contributed by atoms with Crippen molar-refractivity contribution in [2.24, 2.45) is 0 Å². The lowest BCUT2D eigenvalue weighted by Gasteiger charge is -2.34. The first-order valence-electron chi connectivity index (χ1n) is 22.4. The van der Waals surface area contributed by atoms with Crippen LogP contribution in [-0.2, 0) is 23.2 Å². The van der Waals surface area contributed by atoms with Crippen molar-refractivity contribution in [3.63, 3.8) is 0 Å². The van der Waals surface area contributed by atoms with Crippen molar-refractivity contribution in [2.45, 2.75) is 82.2 Å². The topological polar surface area (TPSA) is 152 Å². The van der Waals surface area contributed by atoms with Gasteiger partial charge < -0.3 is 40.2 Å². The van der Waals surface area contributed by atoms with E-state index in [0.717, 1.165) is 54.5 Å². The number of pyridine rings is 2. The quantitative estimate of drug-likeness (QED) is 0.0768. The van der Waals surface area contributed by atoms with Gasteiger partial charge in [0.25, 0.3) is 11.8 Å². The van der Waals surface area contributed by atoms with Crippen LogP contribution in [0.2, 0.25) is 0 Å². The first-order chi connectivity index (χ1) is 31.5. The zero-order valence-electron chi connectivity index (χ0n) is 36.0. The number of carbonyl (C=O) groups is 3. The van der Waals surface area contributed by atoms with Crippen molar-refractivity contribution in [2.75, 3.05) is 36.4 Å². The van der Waals surface area contributed by atoms with Crippen LogP contribution in [0.4, 0.5) is 20.3 Å². The van der Waals surface area contributed by atoms with Gasteiger partial charge in [0, 0.05) is 79.4 Å². The Morgan fingerprint density at radius 3 is 2.40 bits per heavy atom. The summed E-state index contributed by atoms with van der Waals surface area (Å²) >= 11 is 0. The van der Waals surface area contributed by atoms with E-state index in [-0.39, 0.29) is 29.2 Å². The fraction of sp³-hybridized carbons (Fsp3) is 0.340. The van der Waals surface area contributed by atoms with E-state index in [1.54, 1.807) is 36.5 Å². The number of hydrogen-bond donors (Lipinski definition) is 4. The van der Waals surface area contributed by atoms with Crippen LogP contribution < -0.4 is 35.6 Å². The maximum absolute atomic E-state index is 13.6. The third-order valence-electron chi connectivity index (χ3n) is 13.1. The van der Waals surface area contributed by atoms with E-state index in [4.69, 9.17) is 4.98 Å². The van der Waals surface area contributed by atoms with Gasteiger partial charge >= 0.3 is 6.29 Å². The number of halogens is 2. The van der Waals surface area contributed by atoms with E-state index < -0.39 is 11.7 Å². The molecule has 2 saturated heterocycles. The van der Waals surface area contributed by atoms with E-state index in [0.29, 0.717) is 72.8 Å². The highest BCUT2D eigenvalue weighted by Gasteiger charge is 2.53. The molecule has 4 aliphatic rings. The molecule has 13 nitrogen and oxygen atoms in total. The number of nitrogens with one attached hydrogen (secondary N) is 4. The van der Waals surface area contributed by atoms with Crippen molar-refractivity contribution >= 4 is 40.3 Å². The second kappa shape index (κ2) is 17.3. The number of ether oxygens (including phenoxy) is 2. The maximum Gasteiger partial charge on any atom is 0.586 e. The Morgan fingerprint density at radius 1 is 0.831 bits per heavy atom. The zero-order valence-corrected chi connectivity index (χ0v) is 36.0. The Morgan fingerprint density at radius 2 is 1.60 bits per heavy atom. The molecule has 0 radical (unpaired) electrons. The van der Waals surface area contributed by atoms with Gasteiger partial charge in [-0.1, -0.05) is 36.4 Å². The number of fused-ring (bicyclic) bond motifs is 4. The van der Waals surface area contributed by atoms with Crippen molar-refractivity contribution in [3.8, 4) is 22.8 Å². The molecule has 2 atom stereocenters. The monoisotopic (exact) mass is 880 g/mol. The number of anilines is 2. The summed E-state index contributed by atoms with van der Waals surface area (Å²) in [5.41, 5.74) is 6.12. The third-order valence-corrected chi connectivity index (χ3v) is 13.1. The minimum absolute atomic E-state index is 0.0741. The molecule has 6 aromatic rings. The summed E-state index contributed by atoms with van der Waals surface area (Å²) in [5.74, 6) is -0.494. The van der Waals surface area contributed by atoms with Gasteiger partial charge in [0.1, 0.15) is 11.5 Å². The molecule has 2 bridgehead atoms. The van der Waals surface area contributed by atoms with Crippen LogP contribution in [0, 0.1) is 6.92 Å². The fourth-order valence-electron chi connectivity index (χ4n) is 9.35. The highest BCUT2D eigenvalue weighted by Crippen LogP contribution is 2.52. The number of aryl methyl sites for hydroxylation is 2. The van der Waals surface area contributed by atoms with Crippen LogP contribution >= 0.6 is 0 Å². The molecular formula is C50H50F2N8O5. The number of rotatable bonds is 15. The molecule has 1 saturated carbocycles. The molecule has 0 unspecified atom stereocenters. The van der Waals surface area contributed by atoms with Gasteiger partial charge in [-0.05, 0) is 123 Å². The third kappa shape index (κ3) is 8.97. The van der Waals surface area contributed by atoms with Gasteiger partial charge in [-0.25, -0.2) is 9.97 Å². The fourth-order valence-corrected chi connectivity index (χ4v) is 9.35. The molecule has 3 aromatic carbocycles. The number of nitrogens with zero attached hydrogens (tertiary/aromatic N) is 4. The number of piperazine rings is 1. The van der Waals surface area contributed by atoms with E-state index in [1.165, 1.54) is 36.2 Å². The largest absolute Gasteiger partial charge is 0.586 e. The normalized spacial score (nSPS) is 18.7. The first-order valence-corrected chi connectivity index (χ1v) is 22.4. The molecule has 10 rings (SSSR count). The van der Waals surface area contributed by atoms with Crippen LogP contribution in [0.1, 0.15) is 75.9 Å². The summed E-state index contributed by atoms with van der Waals surface area (Å²) in [4.78, 5) is 51.7. The molecule has 3 amide bonds. The highest BCUT2D eigenvalue weighted by molar-refractivity contribution is 6.01. The summed E-state index contributed by atoms with van der Waals surface area (Å²) in [7, 11) is 0. The lowest BCUT2D eigenvalue weighted by Crippen LogP contribution is -2.51. The predicted octanol–water partition coefficient (Wildman–Crippen LogP) is 7.52. The van der Waals surface area contributed by atoms with Crippen LogP contribution in [-0.4, -0.2) is 76.8 Å². The molecule has 15 heteroatoms. The average molecular weight is 881 g/mol. The Bertz CT molecular complexity index is 2780. The maximum atomic E-state index is 13.6. The second-order valence-corrected chi connectivity index (χ2v) is 17.6.